The number of pyridine rings is 1. The maximum absolute atomic E-state index is 11.2. The molecule has 7 heteroatoms. The van der Waals surface area contributed by atoms with E-state index in [1.807, 2.05) is 0 Å². The van der Waals surface area contributed by atoms with E-state index in [9.17, 15) is 10.1 Å². The molecule has 0 amide bonds. The molecule has 6 nitrogen and oxygen atoms in total. The third kappa shape index (κ3) is 2.44. The number of anilines is 1. The van der Waals surface area contributed by atoms with Gasteiger partial charge in [-0.15, -0.1) is 0 Å². The molecule has 3 rings (SSSR count). The summed E-state index contributed by atoms with van der Waals surface area (Å²) in [4.78, 5) is 17.1. The maximum Gasteiger partial charge on any atom is 0.312 e. The van der Waals surface area contributed by atoms with Gasteiger partial charge in [0.25, 0.3) is 0 Å². The zero-order valence-corrected chi connectivity index (χ0v) is 12.0. The molecule has 0 saturated carbocycles. The lowest BCUT2D eigenvalue weighted by Gasteiger charge is -2.34. The average molecular weight is 327 g/mol. The Morgan fingerprint density at radius 3 is 3.05 bits per heavy atom. The Balaban J connectivity index is 1.87. The summed E-state index contributed by atoms with van der Waals surface area (Å²) >= 11 is 3.24. The Kier molecular flexibility index (Phi) is 3.40. The summed E-state index contributed by atoms with van der Waals surface area (Å²) in [5, 5.41) is 14.5. The van der Waals surface area contributed by atoms with Crippen molar-refractivity contribution >= 4 is 27.4 Å². The highest BCUT2D eigenvalue weighted by atomic mass is 79.9. The van der Waals surface area contributed by atoms with Crippen LogP contribution in [0, 0.1) is 22.0 Å². The zero-order chi connectivity index (χ0) is 13.4. The molecule has 1 aromatic heterocycles. The highest BCUT2D eigenvalue weighted by Crippen LogP contribution is 2.34. The number of aromatic nitrogens is 1. The van der Waals surface area contributed by atoms with E-state index >= 15 is 0 Å². The molecule has 0 aliphatic carbocycles. The van der Waals surface area contributed by atoms with Gasteiger partial charge in [0.05, 0.1) is 4.92 Å². The van der Waals surface area contributed by atoms with E-state index in [-0.39, 0.29) is 10.6 Å². The van der Waals surface area contributed by atoms with E-state index in [2.05, 4.69) is 31.1 Å². The smallest absolute Gasteiger partial charge is 0.312 e. The van der Waals surface area contributed by atoms with Crippen LogP contribution in [0.25, 0.3) is 0 Å². The minimum Gasteiger partial charge on any atom is -0.351 e. The van der Waals surface area contributed by atoms with Gasteiger partial charge in [-0.3, -0.25) is 10.1 Å². The number of nitro groups is 1. The molecule has 2 aliphatic rings. The van der Waals surface area contributed by atoms with E-state index in [1.165, 1.54) is 6.07 Å². The number of rotatable bonds is 2. The second kappa shape index (κ2) is 5.05. The van der Waals surface area contributed by atoms with Gasteiger partial charge in [0.2, 0.25) is 5.82 Å². The Morgan fingerprint density at radius 2 is 2.26 bits per heavy atom. The summed E-state index contributed by atoms with van der Waals surface area (Å²) in [7, 11) is 0. The third-order valence-electron chi connectivity index (χ3n) is 4.01. The van der Waals surface area contributed by atoms with Crippen molar-refractivity contribution in [3.8, 4) is 0 Å². The van der Waals surface area contributed by atoms with Crippen LogP contribution in [-0.2, 0) is 0 Å². The number of piperidine rings is 1. The van der Waals surface area contributed by atoms with E-state index in [0.29, 0.717) is 22.1 Å². The molecule has 2 fully saturated rings. The monoisotopic (exact) mass is 326 g/mol. The van der Waals surface area contributed by atoms with Crippen molar-refractivity contribution in [1.82, 2.24) is 10.3 Å². The van der Waals surface area contributed by atoms with E-state index in [1.54, 1.807) is 6.20 Å². The van der Waals surface area contributed by atoms with Crippen LogP contribution in [-0.4, -0.2) is 36.1 Å². The molecule has 0 radical (unpaired) electrons. The minimum atomic E-state index is -0.355. The van der Waals surface area contributed by atoms with E-state index in [0.717, 1.165) is 32.6 Å². The first-order valence-electron chi connectivity index (χ1n) is 6.41. The van der Waals surface area contributed by atoms with Crippen LogP contribution in [0.4, 0.5) is 11.5 Å². The van der Waals surface area contributed by atoms with Crippen LogP contribution in [0.1, 0.15) is 6.42 Å². The van der Waals surface area contributed by atoms with Gasteiger partial charge in [0.1, 0.15) is 0 Å². The Bertz CT molecular complexity index is 511. The fourth-order valence-corrected chi connectivity index (χ4v) is 3.35. The molecule has 2 aliphatic heterocycles. The van der Waals surface area contributed by atoms with Gasteiger partial charge in [0.15, 0.2) is 0 Å². The first-order valence-corrected chi connectivity index (χ1v) is 7.20. The Morgan fingerprint density at radius 1 is 1.47 bits per heavy atom. The normalized spacial score (nSPS) is 26.3. The number of nitrogens with zero attached hydrogens (tertiary/aromatic N) is 3. The van der Waals surface area contributed by atoms with E-state index < -0.39 is 0 Å². The maximum atomic E-state index is 11.2. The van der Waals surface area contributed by atoms with E-state index in [4.69, 9.17) is 0 Å². The molecule has 2 atom stereocenters. The van der Waals surface area contributed by atoms with Crippen molar-refractivity contribution in [1.29, 1.82) is 0 Å². The number of nitrogens with one attached hydrogen (secondary N) is 1. The van der Waals surface area contributed by atoms with Gasteiger partial charge in [-0.1, -0.05) is 0 Å². The van der Waals surface area contributed by atoms with Gasteiger partial charge in [0, 0.05) is 29.8 Å². The highest BCUT2D eigenvalue weighted by Gasteiger charge is 2.35. The predicted octanol–water partition coefficient (Wildman–Crippen LogP) is 1.80. The lowest BCUT2D eigenvalue weighted by atomic mass is 9.89. The molecular formula is C12H15BrN4O2. The quantitative estimate of drug-likeness (QED) is 0.662. The average Bonchev–Trinajstić information content (AvgIpc) is 2.85. The first kappa shape index (κ1) is 12.8. The van der Waals surface area contributed by atoms with Gasteiger partial charge in [-0.05, 0) is 47.3 Å². The molecule has 102 valence electrons. The number of hydrogen-bond donors (Lipinski definition) is 1. The zero-order valence-electron chi connectivity index (χ0n) is 10.4. The molecule has 0 bridgehead atoms. The van der Waals surface area contributed by atoms with Crippen molar-refractivity contribution in [3.05, 3.63) is 26.9 Å². The molecule has 0 aromatic carbocycles. The van der Waals surface area contributed by atoms with Crippen molar-refractivity contribution < 1.29 is 4.92 Å². The molecule has 2 saturated heterocycles. The summed E-state index contributed by atoms with van der Waals surface area (Å²) in [5.74, 6) is 1.79. The fraction of sp³-hybridized carbons (Fsp3) is 0.583. The lowest BCUT2D eigenvalue weighted by Crippen LogP contribution is -2.40. The molecule has 2 unspecified atom stereocenters. The van der Waals surface area contributed by atoms with Gasteiger partial charge >= 0.3 is 5.69 Å². The summed E-state index contributed by atoms with van der Waals surface area (Å²) in [6, 6.07) is 1.53. The number of fused-ring (bicyclic) bond motifs is 1. The van der Waals surface area contributed by atoms with Crippen molar-refractivity contribution in [3.63, 3.8) is 0 Å². The first-order chi connectivity index (χ1) is 9.15. The van der Waals surface area contributed by atoms with Crippen LogP contribution in [0.5, 0.6) is 0 Å². The standard InChI is InChI=1S/C12H15BrN4O2/c13-10-3-11(17(18)19)12(15-6-10)16-2-1-8-4-14-5-9(8)7-16/h3,6,8-9,14H,1-2,4-5,7H2. The van der Waals surface area contributed by atoms with Crippen molar-refractivity contribution in [2.45, 2.75) is 6.42 Å². The Hall–Kier alpha value is -1.21. The van der Waals surface area contributed by atoms with Crippen LogP contribution in [0.15, 0.2) is 16.7 Å². The largest absolute Gasteiger partial charge is 0.351 e. The van der Waals surface area contributed by atoms with Crippen LogP contribution >= 0.6 is 15.9 Å². The van der Waals surface area contributed by atoms with Crippen LogP contribution in [0.3, 0.4) is 0 Å². The third-order valence-corrected chi connectivity index (χ3v) is 4.45. The summed E-state index contributed by atoms with van der Waals surface area (Å²) in [5.41, 5.74) is 0.0822. The fourth-order valence-electron chi connectivity index (χ4n) is 3.03. The lowest BCUT2D eigenvalue weighted by molar-refractivity contribution is -0.384. The summed E-state index contributed by atoms with van der Waals surface area (Å²) in [6.45, 7) is 3.78. The molecule has 0 spiro atoms. The molecule has 1 aromatic rings. The highest BCUT2D eigenvalue weighted by molar-refractivity contribution is 9.10. The van der Waals surface area contributed by atoms with Gasteiger partial charge < -0.3 is 10.2 Å². The van der Waals surface area contributed by atoms with Gasteiger partial charge in [-0.25, -0.2) is 4.98 Å². The summed E-state index contributed by atoms with van der Waals surface area (Å²) < 4.78 is 0.639. The molecular weight excluding hydrogens is 312 g/mol. The molecule has 1 N–H and O–H groups in total. The van der Waals surface area contributed by atoms with Gasteiger partial charge in [-0.2, -0.15) is 0 Å². The molecule has 3 heterocycles. The molecule has 19 heavy (non-hydrogen) atoms. The number of halogens is 1. The van der Waals surface area contributed by atoms with Crippen molar-refractivity contribution in [2.75, 3.05) is 31.1 Å². The SMILES string of the molecule is O=[N+]([O-])c1cc(Br)cnc1N1CCC2CNCC2C1. The summed E-state index contributed by atoms with van der Waals surface area (Å²) in [6.07, 6.45) is 2.70. The van der Waals surface area contributed by atoms with Crippen LogP contribution in [0.2, 0.25) is 0 Å². The minimum absolute atomic E-state index is 0.0822. The van der Waals surface area contributed by atoms with Crippen LogP contribution < -0.4 is 10.2 Å². The topological polar surface area (TPSA) is 71.3 Å². The second-order valence-electron chi connectivity index (χ2n) is 5.17. The predicted molar refractivity (Wildman–Crippen MR) is 75.3 cm³/mol. The van der Waals surface area contributed by atoms with Crippen molar-refractivity contribution in [2.24, 2.45) is 11.8 Å². The number of hydrogen-bond acceptors (Lipinski definition) is 5. The Labute approximate surface area is 119 Å². The second-order valence-corrected chi connectivity index (χ2v) is 6.08.